The molecule has 0 saturated heterocycles. The number of hydrogen-bond acceptors (Lipinski definition) is 5. The smallest absolute Gasteiger partial charge is 0.262 e. The minimum absolute atomic E-state index is 0.100. The van der Waals surface area contributed by atoms with Crippen molar-refractivity contribution in [1.29, 1.82) is 5.26 Å². The van der Waals surface area contributed by atoms with Crippen LogP contribution in [0.2, 0.25) is 0 Å². The second kappa shape index (κ2) is 8.49. The minimum Gasteiger partial charge on any atom is -0.337 e. The molecule has 4 rings (SSSR count). The van der Waals surface area contributed by atoms with Gasteiger partial charge in [-0.25, -0.2) is 4.98 Å². The Morgan fingerprint density at radius 2 is 1.93 bits per heavy atom. The Morgan fingerprint density at radius 1 is 1.23 bits per heavy atom. The van der Waals surface area contributed by atoms with Crippen molar-refractivity contribution in [3.8, 4) is 6.07 Å². The van der Waals surface area contributed by atoms with E-state index in [1.165, 1.54) is 11.8 Å². The summed E-state index contributed by atoms with van der Waals surface area (Å²) in [4.78, 5) is 30.3. The fourth-order valence-corrected chi connectivity index (χ4v) is 4.99. The Morgan fingerprint density at radius 3 is 2.60 bits per heavy atom. The lowest BCUT2D eigenvalue weighted by Gasteiger charge is -2.31. The average Bonchev–Trinajstić information content (AvgIpc) is 2.77. The summed E-state index contributed by atoms with van der Waals surface area (Å²) >= 11 is 1.24. The van der Waals surface area contributed by atoms with Crippen LogP contribution in [-0.2, 0) is 11.3 Å². The average molecular weight is 421 g/mol. The van der Waals surface area contributed by atoms with Gasteiger partial charge in [0.15, 0.2) is 5.16 Å². The number of nitrogens with one attached hydrogen (secondary N) is 1. The molecule has 1 N–H and O–H groups in total. The molecule has 3 aromatic rings. The van der Waals surface area contributed by atoms with Crippen molar-refractivity contribution in [3.05, 3.63) is 46.8 Å². The van der Waals surface area contributed by atoms with Crippen molar-refractivity contribution in [2.45, 2.75) is 56.3 Å². The van der Waals surface area contributed by atoms with E-state index in [4.69, 9.17) is 4.98 Å². The lowest BCUT2D eigenvalue weighted by Crippen LogP contribution is -2.49. The first-order valence-corrected chi connectivity index (χ1v) is 11.3. The Bertz CT molecular complexity index is 1210. The summed E-state index contributed by atoms with van der Waals surface area (Å²) in [6.45, 7) is 2.37. The number of thioether (sulfide) groups is 1. The second-order valence-corrected chi connectivity index (χ2v) is 8.69. The molecular weight excluding hydrogens is 396 g/mol. The predicted molar refractivity (Wildman–Crippen MR) is 119 cm³/mol. The number of aromatic nitrogens is 2. The molecule has 1 aliphatic rings. The molecule has 2 aromatic carbocycles. The number of amides is 1. The molecule has 30 heavy (non-hydrogen) atoms. The largest absolute Gasteiger partial charge is 0.337 e. The maximum Gasteiger partial charge on any atom is 0.262 e. The van der Waals surface area contributed by atoms with Crippen molar-refractivity contribution >= 4 is 39.3 Å². The maximum atomic E-state index is 13.0. The summed E-state index contributed by atoms with van der Waals surface area (Å²) in [5, 5.41) is 15.6. The molecule has 0 spiro atoms. The highest BCUT2D eigenvalue weighted by Gasteiger charge is 2.33. The Labute approximate surface area is 179 Å². The standard InChI is InChI=1S/C23H24N4O2S/c1-2-27-21(29)18-12-16-8-4-5-9-17(16)13-19(18)25-22(27)30-14-20(28)26-23(15-24)10-6-3-7-11-23/h4-5,8-9,12-13H,2-3,6-7,10-11,14H2,1H3,(H,26,28). The normalized spacial score (nSPS) is 15.7. The third kappa shape index (κ3) is 3.92. The van der Waals surface area contributed by atoms with Gasteiger partial charge in [0.2, 0.25) is 5.91 Å². The number of nitriles is 1. The summed E-state index contributed by atoms with van der Waals surface area (Å²) in [6, 6.07) is 14.0. The van der Waals surface area contributed by atoms with Gasteiger partial charge in [0.25, 0.3) is 5.56 Å². The summed E-state index contributed by atoms with van der Waals surface area (Å²) < 4.78 is 1.61. The molecule has 1 amide bonds. The van der Waals surface area contributed by atoms with Crippen molar-refractivity contribution in [2.75, 3.05) is 5.75 Å². The van der Waals surface area contributed by atoms with E-state index in [0.717, 1.165) is 30.0 Å². The zero-order valence-electron chi connectivity index (χ0n) is 17.0. The van der Waals surface area contributed by atoms with Crippen molar-refractivity contribution in [3.63, 3.8) is 0 Å². The van der Waals surface area contributed by atoms with Crippen molar-refractivity contribution < 1.29 is 4.79 Å². The molecule has 1 aromatic heterocycles. The third-order valence-electron chi connectivity index (χ3n) is 5.73. The monoisotopic (exact) mass is 420 g/mol. The molecule has 7 heteroatoms. The van der Waals surface area contributed by atoms with Gasteiger partial charge in [-0.15, -0.1) is 0 Å². The first-order valence-electron chi connectivity index (χ1n) is 10.3. The van der Waals surface area contributed by atoms with Gasteiger partial charge in [0.1, 0.15) is 5.54 Å². The van der Waals surface area contributed by atoms with Crippen LogP contribution < -0.4 is 10.9 Å². The Hall–Kier alpha value is -2.85. The Balaban J connectivity index is 1.60. The topological polar surface area (TPSA) is 87.8 Å². The first kappa shape index (κ1) is 20.4. The van der Waals surface area contributed by atoms with Crippen LogP contribution in [0.25, 0.3) is 21.7 Å². The van der Waals surface area contributed by atoms with Gasteiger partial charge in [0, 0.05) is 6.54 Å². The van der Waals surface area contributed by atoms with Crippen LogP contribution >= 0.6 is 11.8 Å². The SMILES string of the molecule is CCn1c(SCC(=O)NC2(C#N)CCCCC2)nc2cc3ccccc3cc2c1=O. The van der Waals surface area contributed by atoms with Gasteiger partial charge in [-0.3, -0.25) is 14.2 Å². The van der Waals surface area contributed by atoms with Gasteiger partial charge in [-0.2, -0.15) is 5.26 Å². The number of carbonyl (C=O) groups is 1. The fraction of sp³-hybridized carbons (Fsp3) is 0.391. The molecule has 1 saturated carbocycles. The molecule has 0 radical (unpaired) electrons. The van der Waals surface area contributed by atoms with Crippen LogP contribution in [0, 0.1) is 11.3 Å². The number of rotatable bonds is 5. The number of benzene rings is 2. The van der Waals surface area contributed by atoms with Gasteiger partial charge >= 0.3 is 0 Å². The van der Waals surface area contributed by atoms with E-state index in [1.54, 1.807) is 4.57 Å². The number of nitrogens with zero attached hydrogens (tertiary/aromatic N) is 3. The van der Waals surface area contributed by atoms with E-state index >= 15 is 0 Å². The molecule has 1 fully saturated rings. The molecule has 0 unspecified atom stereocenters. The summed E-state index contributed by atoms with van der Waals surface area (Å²) in [5.41, 5.74) is -0.222. The zero-order valence-corrected chi connectivity index (χ0v) is 17.8. The third-order valence-corrected chi connectivity index (χ3v) is 6.71. The summed E-state index contributed by atoms with van der Waals surface area (Å²) in [7, 11) is 0. The quantitative estimate of drug-likeness (QED) is 0.383. The summed E-state index contributed by atoms with van der Waals surface area (Å²) in [5.74, 6) is -0.0754. The van der Waals surface area contributed by atoms with E-state index in [0.29, 0.717) is 35.4 Å². The lowest BCUT2D eigenvalue weighted by molar-refractivity contribution is -0.120. The van der Waals surface area contributed by atoms with Crippen LogP contribution in [-0.4, -0.2) is 26.8 Å². The van der Waals surface area contributed by atoms with E-state index < -0.39 is 5.54 Å². The van der Waals surface area contributed by atoms with Crippen LogP contribution in [0.3, 0.4) is 0 Å². The molecule has 1 aliphatic carbocycles. The van der Waals surface area contributed by atoms with Crippen LogP contribution in [0.1, 0.15) is 39.0 Å². The van der Waals surface area contributed by atoms with Gasteiger partial charge < -0.3 is 5.32 Å². The first-order chi connectivity index (χ1) is 14.5. The molecule has 1 heterocycles. The van der Waals surface area contributed by atoms with E-state index in [1.807, 2.05) is 43.3 Å². The predicted octanol–water partition coefficient (Wildman–Crippen LogP) is 4.00. The minimum atomic E-state index is -0.754. The molecule has 0 bridgehead atoms. The highest BCUT2D eigenvalue weighted by molar-refractivity contribution is 7.99. The molecule has 0 aliphatic heterocycles. The Kier molecular flexibility index (Phi) is 5.78. The van der Waals surface area contributed by atoms with Gasteiger partial charge in [0.05, 0.1) is 22.7 Å². The molecule has 0 atom stereocenters. The lowest BCUT2D eigenvalue weighted by atomic mass is 9.83. The fourth-order valence-electron chi connectivity index (χ4n) is 4.13. The van der Waals surface area contributed by atoms with E-state index in [9.17, 15) is 14.9 Å². The highest BCUT2D eigenvalue weighted by atomic mass is 32.2. The van der Waals surface area contributed by atoms with E-state index in [2.05, 4.69) is 11.4 Å². The molecule has 154 valence electrons. The van der Waals surface area contributed by atoms with Crippen molar-refractivity contribution in [1.82, 2.24) is 14.9 Å². The zero-order chi connectivity index (χ0) is 21.1. The van der Waals surface area contributed by atoms with E-state index in [-0.39, 0.29) is 17.2 Å². The number of hydrogen-bond donors (Lipinski definition) is 1. The van der Waals surface area contributed by atoms with Gasteiger partial charge in [-0.1, -0.05) is 55.3 Å². The van der Waals surface area contributed by atoms with Gasteiger partial charge in [-0.05, 0) is 42.7 Å². The van der Waals surface area contributed by atoms with Crippen molar-refractivity contribution in [2.24, 2.45) is 0 Å². The second-order valence-electron chi connectivity index (χ2n) is 7.75. The number of carbonyl (C=O) groups excluding carboxylic acids is 1. The molecule has 6 nitrogen and oxygen atoms in total. The number of fused-ring (bicyclic) bond motifs is 2. The molecular formula is C23H24N4O2S. The van der Waals surface area contributed by atoms with Crippen LogP contribution in [0.5, 0.6) is 0 Å². The van der Waals surface area contributed by atoms with Crippen LogP contribution in [0.15, 0.2) is 46.3 Å². The maximum absolute atomic E-state index is 13.0. The van der Waals surface area contributed by atoms with Crippen LogP contribution in [0.4, 0.5) is 0 Å². The highest BCUT2D eigenvalue weighted by Crippen LogP contribution is 2.28. The summed E-state index contributed by atoms with van der Waals surface area (Å²) in [6.07, 6.45) is 4.40.